The van der Waals surface area contributed by atoms with Crippen molar-refractivity contribution in [1.82, 2.24) is 15.1 Å². The van der Waals surface area contributed by atoms with Crippen molar-refractivity contribution in [3.63, 3.8) is 0 Å². The van der Waals surface area contributed by atoms with Crippen LogP contribution in [0, 0.1) is 5.92 Å². The van der Waals surface area contributed by atoms with Crippen molar-refractivity contribution in [3.05, 3.63) is 24.2 Å². The Labute approximate surface area is 131 Å². The fourth-order valence-electron chi connectivity index (χ4n) is 2.33. The molecule has 1 N–H and O–H groups in total. The second-order valence-corrected chi connectivity index (χ2v) is 6.15. The lowest BCUT2D eigenvalue weighted by Gasteiger charge is -2.34. The van der Waals surface area contributed by atoms with Crippen molar-refractivity contribution in [2.45, 2.75) is 26.8 Å². The quantitative estimate of drug-likeness (QED) is 0.887. The van der Waals surface area contributed by atoms with Gasteiger partial charge in [-0.15, -0.1) is 0 Å². The number of piperazine rings is 1. The molecule has 6 nitrogen and oxygen atoms in total. The van der Waals surface area contributed by atoms with E-state index in [4.69, 9.17) is 4.42 Å². The van der Waals surface area contributed by atoms with Gasteiger partial charge in [-0.3, -0.25) is 14.5 Å². The maximum atomic E-state index is 12.1. The van der Waals surface area contributed by atoms with Crippen molar-refractivity contribution >= 4 is 11.8 Å². The summed E-state index contributed by atoms with van der Waals surface area (Å²) in [4.78, 5) is 28.0. The van der Waals surface area contributed by atoms with E-state index in [0.29, 0.717) is 44.4 Å². The number of carbonyl (C=O) groups excluding carboxylic acids is 2. The van der Waals surface area contributed by atoms with Crippen LogP contribution in [0.3, 0.4) is 0 Å². The molecule has 1 atom stereocenters. The van der Waals surface area contributed by atoms with Gasteiger partial charge in [-0.05, 0) is 25.0 Å². The van der Waals surface area contributed by atoms with Gasteiger partial charge < -0.3 is 14.6 Å². The van der Waals surface area contributed by atoms with E-state index >= 15 is 0 Å². The predicted molar refractivity (Wildman–Crippen MR) is 83.5 cm³/mol. The second kappa shape index (κ2) is 7.45. The highest BCUT2D eigenvalue weighted by Gasteiger charge is 2.24. The van der Waals surface area contributed by atoms with E-state index in [1.807, 2.05) is 6.92 Å². The maximum Gasteiger partial charge on any atom is 0.289 e. The standard InChI is InChI=1S/C16H25N3O3/c1-12(2)13(3)17-15(20)11-18-6-8-19(9-7-18)16(21)14-5-4-10-22-14/h4-5,10,12-13H,6-9,11H2,1-3H3,(H,17,20). The smallest absolute Gasteiger partial charge is 0.289 e. The molecule has 2 rings (SSSR count). The predicted octanol–water partition coefficient (Wildman–Crippen LogP) is 1.20. The van der Waals surface area contributed by atoms with Gasteiger partial charge >= 0.3 is 0 Å². The topological polar surface area (TPSA) is 65.8 Å². The number of nitrogens with zero attached hydrogens (tertiary/aromatic N) is 2. The molecule has 22 heavy (non-hydrogen) atoms. The monoisotopic (exact) mass is 307 g/mol. The van der Waals surface area contributed by atoms with Crippen LogP contribution in [-0.2, 0) is 4.79 Å². The first-order chi connectivity index (χ1) is 10.5. The molecule has 1 aromatic rings. The molecule has 0 spiro atoms. The average Bonchev–Trinajstić information content (AvgIpc) is 3.01. The molecule has 2 heterocycles. The summed E-state index contributed by atoms with van der Waals surface area (Å²) in [5, 5.41) is 3.01. The largest absolute Gasteiger partial charge is 0.459 e. The average molecular weight is 307 g/mol. The molecule has 1 saturated heterocycles. The van der Waals surface area contributed by atoms with E-state index in [2.05, 4.69) is 24.1 Å². The molecule has 122 valence electrons. The molecule has 0 bridgehead atoms. The molecule has 0 aliphatic carbocycles. The van der Waals surface area contributed by atoms with Crippen LogP contribution in [0.2, 0.25) is 0 Å². The fourth-order valence-corrected chi connectivity index (χ4v) is 2.33. The van der Waals surface area contributed by atoms with E-state index in [0.717, 1.165) is 0 Å². The summed E-state index contributed by atoms with van der Waals surface area (Å²) in [5.74, 6) is 0.762. The van der Waals surface area contributed by atoms with Gasteiger partial charge in [0.1, 0.15) is 0 Å². The number of carbonyl (C=O) groups is 2. The Kier molecular flexibility index (Phi) is 5.60. The molecule has 1 aromatic heterocycles. The van der Waals surface area contributed by atoms with Crippen molar-refractivity contribution in [2.75, 3.05) is 32.7 Å². The van der Waals surface area contributed by atoms with E-state index in [1.54, 1.807) is 17.0 Å². The van der Waals surface area contributed by atoms with Gasteiger partial charge in [0.2, 0.25) is 5.91 Å². The molecule has 1 fully saturated rings. The van der Waals surface area contributed by atoms with Crippen molar-refractivity contribution in [3.8, 4) is 0 Å². The Morgan fingerprint density at radius 2 is 1.91 bits per heavy atom. The number of hydrogen-bond donors (Lipinski definition) is 1. The maximum absolute atomic E-state index is 12.1. The van der Waals surface area contributed by atoms with Crippen LogP contribution < -0.4 is 5.32 Å². The Morgan fingerprint density at radius 1 is 1.23 bits per heavy atom. The third-order valence-electron chi connectivity index (χ3n) is 4.15. The third-order valence-corrected chi connectivity index (χ3v) is 4.15. The zero-order chi connectivity index (χ0) is 16.1. The molecule has 1 unspecified atom stereocenters. The van der Waals surface area contributed by atoms with E-state index in [9.17, 15) is 9.59 Å². The number of furan rings is 1. The molecular formula is C16H25N3O3. The molecule has 0 radical (unpaired) electrons. The summed E-state index contributed by atoms with van der Waals surface area (Å²) >= 11 is 0. The SMILES string of the molecule is CC(C)C(C)NC(=O)CN1CCN(C(=O)c2ccco2)CC1. The van der Waals surface area contributed by atoms with Crippen LogP contribution in [0.25, 0.3) is 0 Å². The van der Waals surface area contributed by atoms with Crippen molar-refractivity contribution in [2.24, 2.45) is 5.92 Å². The molecule has 0 saturated carbocycles. The molecule has 1 aliphatic rings. The lowest BCUT2D eigenvalue weighted by Crippen LogP contribution is -2.52. The summed E-state index contributed by atoms with van der Waals surface area (Å²) in [7, 11) is 0. The zero-order valence-corrected chi connectivity index (χ0v) is 13.5. The highest BCUT2D eigenvalue weighted by atomic mass is 16.3. The second-order valence-electron chi connectivity index (χ2n) is 6.15. The van der Waals surface area contributed by atoms with Gasteiger partial charge in [-0.2, -0.15) is 0 Å². The Morgan fingerprint density at radius 3 is 2.45 bits per heavy atom. The highest BCUT2D eigenvalue weighted by molar-refractivity contribution is 5.91. The van der Waals surface area contributed by atoms with Crippen LogP contribution in [-0.4, -0.2) is 60.4 Å². The minimum Gasteiger partial charge on any atom is -0.459 e. The Bertz CT molecular complexity index is 491. The Hall–Kier alpha value is -1.82. The van der Waals surface area contributed by atoms with Gasteiger partial charge in [-0.25, -0.2) is 0 Å². The number of nitrogens with one attached hydrogen (secondary N) is 1. The number of hydrogen-bond acceptors (Lipinski definition) is 4. The lowest BCUT2D eigenvalue weighted by molar-refractivity contribution is -0.123. The van der Waals surface area contributed by atoms with Gasteiger partial charge in [0.15, 0.2) is 5.76 Å². The molecule has 0 aromatic carbocycles. The Balaban J connectivity index is 1.75. The van der Waals surface area contributed by atoms with Crippen LogP contribution >= 0.6 is 0 Å². The molecule has 1 aliphatic heterocycles. The van der Waals surface area contributed by atoms with Crippen LogP contribution in [0.5, 0.6) is 0 Å². The summed E-state index contributed by atoms with van der Waals surface area (Å²) in [6, 6.07) is 3.56. The van der Waals surface area contributed by atoms with Gasteiger partial charge in [-0.1, -0.05) is 13.8 Å². The molecular weight excluding hydrogens is 282 g/mol. The van der Waals surface area contributed by atoms with Gasteiger partial charge in [0.25, 0.3) is 5.91 Å². The van der Waals surface area contributed by atoms with E-state index in [1.165, 1.54) is 6.26 Å². The highest BCUT2D eigenvalue weighted by Crippen LogP contribution is 2.09. The van der Waals surface area contributed by atoms with Crippen LogP contribution in [0.1, 0.15) is 31.3 Å². The summed E-state index contributed by atoms with van der Waals surface area (Å²) < 4.78 is 5.14. The third kappa shape index (κ3) is 4.34. The molecule has 2 amide bonds. The summed E-state index contributed by atoms with van der Waals surface area (Å²) in [5.41, 5.74) is 0. The first-order valence-electron chi connectivity index (χ1n) is 7.82. The van der Waals surface area contributed by atoms with Crippen molar-refractivity contribution < 1.29 is 14.0 Å². The van der Waals surface area contributed by atoms with Gasteiger partial charge in [0, 0.05) is 32.2 Å². The first kappa shape index (κ1) is 16.5. The van der Waals surface area contributed by atoms with Gasteiger partial charge in [0.05, 0.1) is 12.8 Å². The minimum absolute atomic E-state index is 0.0482. The lowest BCUT2D eigenvalue weighted by atomic mass is 10.1. The minimum atomic E-state index is -0.0810. The zero-order valence-electron chi connectivity index (χ0n) is 13.5. The summed E-state index contributed by atoms with van der Waals surface area (Å²) in [6.07, 6.45) is 1.50. The number of amides is 2. The van der Waals surface area contributed by atoms with Crippen LogP contribution in [0.15, 0.2) is 22.8 Å². The number of rotatable bonds is 5. The van der Waals surface area contributed by atoms with E-state index < -0.39 is 0 Å². The normalized spacial score (nSPS) is 17.5. The van der Waals surface area contributed by atoms with Crippen LogP contribution in [0.4, 0.5) is 0 Å². The van der Waals surface area contributed by atoms with E-state index in [-0.39, 0.29) is 17.9 Å². The molecule has 6 heteroatoms. The fraction of sp³-hybridized carbons (Fsp3) is 0.625. The van der Waals surface area contributed by atoms with Crippen molar-refractivity contribution in [1.29, 1.82) is 0 Å². The first-order valence-corrected chi connectivity index (χ1v) is 7.82. The summed E-state index contributed by atoms with van der Waals surface area (Å²) in [6.45, 7) is 9.22.